The lowest BCUT2D eigenvalue weighted by molar-refractivity contribution is -0.119. The molecule has 1 amide bonds. The summed E-state index contributed by atoms with van der Waals surface area (Å²) in [5.74, 6) is -0.709. The number of nitrogens with zero attached hydrogens (tertiary/aromatic N) is 3. The van der Waals surface area contributed by atoms with Crippen molar-refractivity contribution >= 4 is 27.8 Å². The molecule has 33 heavy (non-hydrogen) atoms. The standard InChI is InChI=1S/C22H21FN4O5S/c1-31-20-8-7-19(13-21(20)32-2)33(29,30)27(18-5-3-17(23)4-6-18)15-22(28)26-25-14-16-9-11-24-12-10-16/h3-14H,15H2,1-2H3,(H,26,28)/b25-14-. The first-order chi connectivity index (χ1) is 15.8. The fourth-order valence-corrected chi connectivity index (χ4v) is 4.26. The minimum Gasteiger partial charge on any atom is -0.493 e. The summed E-state index contributed by atoms with van der Waals surface area (Å²) in [6.45, 7) is -0.601. The van der Waals surface area contributed by atoms with Crippen molar-refractivity contribution in [2.45, 2.75) is 4.90 Å². The maximum atomic E-state index is 13.4. The van der Waals surface area contributed by atoms with E-state index in [-0.39, 0.29) is 16.3 Å². The number of methoxy groups -OCH3 is 2. The van der Waals surface area contributed by atoms with Crippen molar-refractivity contribution in [3.8, 4) is 11.5 Å². The molecule has 1 heterocycles. The number of halogens is 1. The Kier molecular flexibility index (Phi) is 7.57. The number of carbonyl (C=O) groups excluding carboxylic acids is 1. The van der Waals surface area contributed by atoms with Gasteiger partial charge in [0.2, 0.25) is 0 Å². The third-order valence-corrected chi connectivity index (χ3v) is 6.22. The van der Waals surface area contributed by atoms with Crippen molar-refractivity contribution < 1.29 is 27.1 Å². The Balaban J connectivity index is 1.90. The molecule has 0 bridgehead atoms. The molecule has 0 saturated heterocycles. The summed E-state index contributed by atoms with van der Waals surface area (Å²) in [5, 5.41) is 3.84. The van der Waals surface area contributed by atoms with Crippen LogP contribution < -0.4 is 19.2 Å². The molecule has 0 unspecified atom stereocenters. The van der Waals surface area contributed by atoms with Gasteiger partial charge in [0.1, 0.15) is 12.4 Å². The minimum atomic E-state index is -4.24. The summed E-state index contributed by atoms with van der Waals surface area (Å²) in [7, 11) is -1.44. The Hall–Kier alpha value is -3.99. The van der Waals surface area contributed by atoms with Crippen LogP contribution in [0.25, 0.3) is 0 Å². The Labute approximate surface area is 190 Å². The zero-order valence-corrected chi connectivity index (χ0v) is 18.6. The van der Waals surface area contributed by atoms with Gasteiger partial charge in [-0.3, -0.25) is 14.1 Å². The lowest BCUT2D eigenvalue weighted by atomic mass is 10.3. The van der Waals surface area contributed by atoms with Crippen LogP contribution in [0.15, 0.2) is 77.0 Å². The Bertz CT molecular complexity index is 1240. The normalized spacial score (nSPS) is 11.2. The van der Waals surface area contributed by atoms with Crippen LogP contribution in [0.5, 0.6) is 11.5 Å². The molecule has 3 aromatic rings. The van der Waals surface area contributed by atoms with Gasteiger partial charge in [0.25, 0.3) is 15.9 Å². The van der Waals surface area contributed by atoms with E-state index in [0.717, 1.165) is 16.4 Å². The van der Waals surface area contributed by atoms with E-state index in [1.54, 1.807) is 24.5 Å². The molecular weight excluding hydrogens is 451 g/mol. The zero-order valence-electron chi connectivity index (χ0n) is 17.8. The smallest absolute Gasteiger partial charge is 0.264 e. The molecule has 1 N–H and O–H groups in total. The molecule has 9 nitrogen and oxygen atoms in total. The van der Waals surface area contributed by atoms with E-state index in [1.807, 2.05) is 0 Å². The largest absolute Gasteiger partial charge is 0.493 e. The molecular formula is C22H21FN4O5S. The van der Waals surface area contributed by atoms with Gasteiger partial charge in [0.05, 0.1) is 31.0 Å². The van der Waals surface area contributed by atoms with Crippen LogP contribution in [0.2, 0.25) is 0 Å². The van der Waals surface area contributed by atoms with Crippen molar-refractivity contribution in [3.63, 3.8) is 0 Å². The number of carbonyl (C=O) groups is 1. The molecule has 0 aliphatic heterocycles. The van der Waals surface area contributed by atoms with Gasteiger partial charge in [0, 0.05) is 18.5 Å². The van der Waals surface area contributed by atoms with Crippen LogP contribution in [0.3, 0.4) is 0 Å². The van der Waals surface area contributed by atoms with Gasteiger partial charge in [-0.2, -0.15) is 5.10 Å². The maximum absolute atomic E-state index is 13.4. The number of benzene rings is 2. The van der Waals surface area contributed by atoms with E-state index in [2.05, 4.69) is 15.5 Å². The fraction of sp³-hybridized carbons (Fsp3) is 0.136. The van der Waals surface area contributed by atoms with Crippen LogP contribution in [-0.4, -0.2) is 46.3 Å². The number of pyridine rings is 1. The van der Waals surface area contributed by atoms with Crippen LogP contribution >= 0.6 is 0 Å². The van der Waals surface area contributed by atoms with Crippen molar-refractivity contribution in [2.24, 2.45) is 5.10 Å². The highest BCUT2D eigenvalue weighted by Crippen LogP contribution is 2.32. The molecule has 0 radical (unpaired) electrons. The minimum absolute atomic E-state index is 0.0967. The van der Waals surface area contributed by atoms with Crippen LogP contribution in [0.4, 0.5) is 10.1 Å². The lowest BCUT2D eigenvalue weighted by Gasteiger charge is -2.24. The van der Waals surface area contributed by atoms with Gasteiger partial charge in [0.15, 0.2) is 11.5 Å². The Morgan fingerprint density at radius 3 is 2.36 bits per heavy atom. The van der Waals surface area contributed by atoms with Crippen molar-refractivity contribution in [1.82, 2.24) is 10.4 Å². The highest BCUT2D eigenvalue weighted by Gasteiger charge is 2.28. The average Bonchev–Trinajstić information content (AvgIpc) is 2.83. The summed E-state index contributed by atoms with van der Waals surface area (Å²) < 4.78 is 51.5. The first-order valence-corrected chi connectivity index (χ1v) is 11.0. The van der Waals surface area contributed by atoms with E-state index in [9.17, 15) is 17.6 Å². The van der Waals surface area contributed by atoms with Gasteiger partial charge >= 0.3 is 0 Å². The molecule has 2 aromatic carbocycles. The molecule has 11 heteroatoms. The molecule has 0 spiro atoms. The fourth-order valence-electron chi connectivity index (χ4n) is 2.82. The number of rotatable bonds is 9. The maximum Gasteiger partial charge on any atom is 0.264 e. The molecule has 0 aliphatic rings. The van der Waals surface area contributed by atoms with E-state index in [1.165, 1.54) is 50.8 Å². The first-order valence-electron chi connectivity index (χ1n) is 9.57. The molecule has 3 rings (SSSR count). The van der Waals surface area contributed by atoms with E-state index in [0.29, 0.717) is 11.3 Å². The van der Waals surface area contributed by atoms with Crippen LogP contribution in [0.1, 0.15) is 5.56 Å². The second-order valence-electron chi connectivity index (χ2n) is 6.58. The summed E-state index contributed by atoms with van der Waals surface area (Å²) in [4.78, 5) is 16.3. The number of nitrogens with one attached hydrogen (secondary N) is 1. The molecule has 0 fully saturated rings. The quantitative estimate of drug-likeness (QED) is 0.379. The SMILES string of the molecule is COc1ccc(S(=O)(=O)N(CC(=O)N/N=C\c2ccncc2)c2ccc(F)cc2)cc1OC. The molecule has 0 saturated carbocycles. The zero-order chi connectivity index (χ0) is 23.8. The number of aromatic nitrogens is 1. The second kappa shape index (κ2) is 10.6. The predicted octanol–water partition coefficient (Wildman–Crippen LogP) is 2.58. The van der Waals surface area contributed by atoms with Gasteiger partial charge in [-0.05, 0) is 54.1 Å². The number of hydrazone groups is 1. The van der Waals surface area contributed by atoms with Crippen molar-refractivity contribution in [2.75, 3.05) is 25.1 Å². The summed E-state index contributed by atoms with van der Waals surface area (Å²) in [6, 6.07) is 12.1. The monoisotopic (exact) mass is 472 g/mol. The van der Waals surface area contributed by atoms with Crippen molar-refractivity contribution in [1.29, 1.82) is 0 Å². The Morgan fingerprint density at radius 2 is 1.73 bits per heavy atom. The summed E-state index contributed by atoms with van der Waals surface area (Å²) in [5.41, 5.74) is 3.08. The number of amides is 1. The van der Waals surface area contributed by atoms with Gasteiger partial charge < -0.3 is 9.47 Å². The number of sulfonamides is 1. The van der Waals surface area contributed by atoms with E-state index in [4.69, 9.17) is 9.47 Å². The Morgan fingerprint density at radius 1 is 1.06 bits per heavy atom. The van der Waals surface area contributed by atoms with E-state index >= 15 is 0 Å². The van der Waals surface area contributed by atoms with Gasteiger partial charge in [-0.1, -0.05) is 0 Å². The highest BCUT2D eigenvalue weighted by atomic mass is 32.2. The highest BCUT2D eigenvalue weighted by molar-refractivity contribution is 7.92. The first kappa shape index (κ1) is 23.7. The summed E-state index contributed by atoms with van der Waals surface area (Å²) >= 11 is 0. The predicted molar refractivity (Wildman–Crippen MR) is 120 cm³/mol. The lowest BCUT2D eigenvalue weighted by Crippen LogP contribution is -2.39. The van der Waals surface area contributed by atoms with Crippen LogP contribution in [0, 0.1) is 5.82 Å². The van der Waals surface area contributed by atoms with E-state index < -0.39 is 28.3 Å². The summed E-state index contributed by atoms with van der Waals surface area (Å²) in [6.07, 6.45) is 4.52. The molecule has 0 aliphatic carbocycles. The van der Waals surface area contributed by atoms with Gasteiger partial charge in [-0.25, -0.2) is 18.2 Å². The second-order valence-corrected chi connectivity index (χ2v) is 8.44. The molecule has 0 atom stereocenters. The average molecular weight is 472 g/mol. The van der Waals surface area contributed by atoms with Crippen LogP contribution in [-0.2, 0) is 14.8 Å². The van der Waals surface area contributed by atoms with Crippen molar-refractivity contribution in [3.05, 3.63) is 78.4 Å². The molecule has 1 aromatic heterocycles. The molecule has 172 valence electrons. The number of hydrogen-bond acceptors (Lipinski definition) is 7. The third kappa shape index (κ3) is 5.83. The number of ether oxygens (including phenoxy) is 2. The topological polar surface area (TPSA) is 110 Å². The van der Waals surface area contributed by atoms with Gasteiger partial charge in [-0.15, -0.1) is 0 Å². The third-order valence-electron chi connectivity index (χ3n) is 4.45. The number of hydrogen-bond donors (Lipinski definition) is 1. The number of anilines is 1.